The Labute approximate surface area is 134 Å². The second-order valence-electron chi connectivity index (χ2n) is 5.06. The molecule has 2 rings (SSSR count). The van der Waals surface area contributed by atoms with Gasteiger partial charge in [-0.25, -0.2) is 4.79 Å². The summed E-state index contributed by atoms with van der Waals surface area (Å²) >= 11 is 0. The van der Waals surface area contributed by atoms with E-state index >= 15 is 0 Å². The Kier molecular flexibility index (Phi) is 4.73. The van der Waals surface area contributed by atoms with Crippen molar-refractivity contribution in [3.05, 3.63) is 32.6 Å². The molecule has 4 N–H and O–H groups in total. The number of aliphatic hydroxyl groups excluding tert-OH is 3. The largest absolute Gasteiger partial charge is 0.464 e. The molecule has 1 aliphatic heterocycles. The van der Waals surface area contributed by atoms with Crippen molar-refractivity contribution in [2.45, 2.75) is 31.4 Å². The molecule has 1 amide bonds. The molecule has 4 unspecified atom stereocenters. The number of carbonyl (C=O) groups is 2. The van der Waals surface area contributed by atoms with Crippen LogP contribution in [0.2, 0.25) is 0 Å². The van der Waals surface area contributed by atoms with Crippen molar-refractivity contribution < 1.29 is 34.6 Å². The molecular weight excluding hydrogens is 328 g/mol. The highest BCUT2D eigenvalue weighted by Crippen LogP contribution is 2.31. The first kappa shape index (κ1) is 17.7. The molecule has 12 nitrogen and oxygen atoms in total. The number of carbonyl (C=O) groups excluding carboxylic acids is 2. The number of amides is 1. The van der Waals surface area contributed by atoms with Crippen LogP contribution in [0.1, 0.15) is 38.2 Å². The maximum atomic E-state index is 12.0. The van der Waals surface area contributed by atoms with E-state index in [-0.39, 0.29) is 22.5 Å². The molecule has 0 spiro atoms. The van der Waals surface area contributed by atoms with Gasteiger partial charge in [0.15, 0.2) is 17.5 Å². The van der Waals surface area contributed by atoms with Crippen LogP contribution >= 0.6 is 0 Å². The molecule has 0 radical (unpaired) electrons. The van der Waals surface area contributed by atoms with E-state index in [9.17, 15) is 35.0 Å². The van der Waals surface area contributed by atoms with E-state index in [1.54, 1.807) is 0 Å². The van der Waals surface area contributed by atoms with Gasteiger partial charge in [-0.1, -0.05) is 0 Å². The van der Waals surface area contributed by atoms with Crippen molar-refractivity contribution in [3.63, 3.8) is 0 Å². The summed E-state index contributed by atoms with van der Waals surface area (Å²) in [6, 6.07) is -1.58. The molecule has 2 heterocycles. The van der Waals surface area contributed by atoms with Gasteiger partial charge in [-0.2, -0.15) is 0 Å². The third-order valence-electron chi connectivity index (χ3n) is 3.68. The average Bonchev–Trinajstić information content (AvgIpc) is 2.55. The van der Waals surface area contributed by atoms with Crippen molar-refractivity contribution in [3.8, 4) is 0 Å². The number of aliphatic hydroxyl groups is 3. The van der Waals surface area contributed by atoms with E-state index in [0.29, 0.717) is 0 Å². The lowest BCUT2D eigenvalue weighted by Crippen LogP contribution is -2.56. The summed E-state index contributed by atoms with van der Waals surface area (Å²) in [5, 5.41) is 49.4. The lowest BCUT2D eigenvalue weighted by atomic mass is 9.88. The zero-order valence-corrected chi connectivity index (χ0v) is 12.5. The van der Waals surface area contributed by atoms with Gasteiger partial charge in [-0.3, -0.25) is 14.9 Å². The fraction of sp³-hybridized carbons (Fsp3) is 0.500. The Morgan fingerprint density at radius 2 is 2.04 bits per heavy atom. The third kappa shape index (κ3) is 2.77. The van der Waals surface area contributed by atoms with Crippen LogP contribution in [-0.2, 0) is 4.74 Å². The van der Waals surface area contributed by atoms with Gasteiger partial charge in [0, 0.05) is 5.56 Å². The highest BCUT2D eigenvalue weighted by molar-refractivity contribution is 5.97. The molecule has 1 aliphatic rings. The van der Waals surface area contributed by atoms with Gasteiger partial charge in [0.1, 0.15) is 6.10 Å². The van der Waals surface area contributed by atoms with E-state index in [1.807, 2.05) is 0 Å². The number of nitro groups is 1. The van der Waals surface area contributed by atoms with Crippen LogP contribution in [0.4, 0.5) is 0 Å². The highest BCUT2D eigenvalue weighted by Gasteiger charge is 2.45. The lowest BCUT2D eigenvalue weighted by Gasteiger charge is -2.33. The number of ether oxygens (including phenoxy) is 1. The predicted octanol–water partition coefficient (Wildman–Crippen LogP) is -2.33. The van der Waals surface area contributed by atoms with E-state index in [0.717, 1.165) is 7.11 Å². The minimum atomic E-state index is -2.43. The van der Waals surface area contributed by atoms with E-state index in [4.69, 9.17) is 0 Å². The number of esters is 1. The number of rotatable bonds is 4. The van der Waals surface area contributed by atoms with E-state index in [1.165, 1.54) is 6.92 Å². The second kappa shape index (κ2) is 6.43. The first-order chi connectivity index (χ1) is 11.2. The molecule has 0 aliphatic carbocycles. The molecule has 0 saturated carbocycles. The van der Waals surface area contributed by atoms with Gasteiger partial charge in [0.2, 0.25) is 0 Å². The minimum Gasteiger partial charge on any atom is -0.464 e. The molecule has 0 saturated heterocycles. The molecule has 0 aromatic carbocycles. The number of fused-ring (bicyclic) bond motifs is 1. The first-order valence-electron chi connectivity index (χ1n) is 6.64. The Morgan fingerprint density at radius 1 is 1.42 bits per heavy atom. The van der Waals surface area contributed by atoms with E-state index in [2.05, 4.69) is 20.3 Å². The number of hydrogen-bond acceptors (Lipinski definition) is 10. The zero-order chi connectivity index (χ0) is 18.2. The molecular formula is C12H14N4O8. The summed E-state index contributed by atoms with van der Waals surface area (Å²) in [6.45, 7) is 1.37. The smallest absolute Gasteiger partial charge is 0.358 e. The van der Waals surface area contributed by atoms with Crippen LogP contribution in [0, 0.1) is 17.0 Å². The zero-order valence-electron chi connectivity index (χ0n) is 12.5. The summed E-state index contributed by atoms with van der Waals surface area (Å²) in [7, 11) is 1.10. The number of nitrogens with zero attached hydrogens (tertiary/aromatic N) is 3. The van der Waals surface area contributed by atoms with Crippen LogP contribution in [0.15, 0.2) is 0 Å². The second-order valence-corrected chi connectivity index (χ2v) is 5.06. The maximum Gasteiger partial charge on any atom is 0.358 e. The number of hydrogen-bond donors (Lipinski definition) is 4. The molecule has 130 valence electrons. The summed E-state index contributed by atoms with van der Waals surface area (Å²) in [4.78, 5) is 33.1. The SMILES string of the molecule is COC(=O)c1nnc2c(c1C)C(O)C(C(O)C(O)[N+](=O)[O-])NC2=O. The minimum absolute atomic E-state index is 0.0713. The number of methoxy groups -OCH3 is 1. The molecule has 12 heteroatoms. The van der Waals surface area contributed by atoms with Crippen LogP contribution in [0.25, 0.3) is 0 Å². The van der Waals surface area contributed by atoms with Crippen molar-refractivity contribution >= 4 is 11.9 Å². The molecule has 1 aromatic rings. The monoisotopic (exact) mass is 342 g/mol. The first-order valence-corrected chi connectivity index (χ1v) is 6.64. The molecule has 1 aromatic heterocycles. The van der Waals surface area contributed by atoms with Gasteiger partial charge in [0.25, 0.3) is 5.91 Å². The molecule has 0 bridgehead atoms. The van der Waals surface area contributed by atoms with Gasteiger partial charge in [0.05, 0.1) is 18.1 Å². The topological polar surface area (TPSA) is 185 Å². The van der Waals surface area contributed by atoms with Gasteiger partial charge in [-0.15, -0.1) is 10.2 Å². The fourth-order valence-electron chi connectivity index (χ4n) is 2.41. The number of aromatic nitrogens is 2. The standard InChI is InChI=1S/C12H14N4O8/c1-3-4-6(15-14-5(3)12(21)24-2)10(19)13-7(8(4)17)9(18)11(20)16(22)23/h7-9,11,17-18,20H,1-2H3,(H,13,19). The van der Waals surface area contributed by atoms with Crippen molar-refractivity contribution in [1.29, 1.82) is 0 Å². The summed E-state index contributed by atoms with van der Waals surface area (Å²) in [5.74, 6) is -1.73. The molecule has 24 heavy (non-hydrogen) atoms. The van der Waals surface area contributed by atoms with Gasteiger partial charge < -0.3 is 25.4 Å². The van der Waals surface area contributed by atoms with Crippen molar-refractivity contribution in [2.24, 2.45) is 0 Å². The summed E-state index contributed by atoms with van der Waals surface area (Å²) in [5.41, 5.74) is -0.615. The summed E-state index contributed by atoms with van der Waals surface area (Å²) in [6.07, 6.45) is -6.19. The Balaban J connectivity index is 2.50. The molecule has 4 atom stereocenters. The quantitative estimate of drug-likeness (QED) is 0.200. The Hall–Kier alpha value is -2.70. The van der Waals surface area contributed by atoms with E-state index < -0.39 is 41.3 Å². The Bertz CT molecular complexity index is 709. The van der Waals surface area contributed by atoms with Gasteiger partial charge in [-0.05, 0) is 12.5 Å². The van der Waals surface area contributed by atoms with Crippen LogP contribution in [0.3, 0.4) is 0 Å². The predicted molar refractivity (Wildman–Crippen MR) is 73.3 cm³/mol. The van der Waals surface area contributed by atoms with Crippen LogP contribution < -0.4 is 5.32 Å². The summed E-state index contributed by atoms with van der Waals surface area (Å²) < 4.78 is 4.51. The third-order valence-corrected chi connectivity index (χ3v) is 3.68. The normalized spacial score (nSPS) is 22.1. The van der Waals surface area contributed by atoms with Crippen LogP contribution in [0.5, 0.6) is 0 Å². The van der Waals surface area contributed by atoms with Gasteiger partial charge >= 0.3 is 12.2 Å². The fourth-order valence-corrected chi connectivity index (χ4v) is 2.41. The van der Waals surface area contributed by atoms with Crippen LogP contribution in [-0.4, -0.2) is 67.8 Å². The maximum absolute atomic E-state index is 12.0. The van der Waals surface area contributed by atoms with Crippen molar-refractivity contribution in [1.82, 2.24) is 15.5 Å². The highest BCUT2D eigenvalue weighted by atomic mass is 16.7. The molecule has 0 fully saturated rings. The average molecular weight is 342 g/mol. The number of nitrogens with one attached hydrogen (secondary N) is 1. The Morgan fingerprint density at radius 3 is 2.58 bits per heavy atom. The lowest BCUT2D eigenvalue weighted by molar-refractivity contribution is -0.584. The van der Waals surface area contributed by atoms with Crippen molar-refractivity contribution in [2.75, 3.05) is 7.11 Å².